The number of urea groups is 1. The normalized spacial score (nSPS) is 12.2. The Morgan fingerprint density at radius 3 is 2.67 bits per heavy atom. The minimum absolute atomic E-state index is 0.190. The summed E-state index contributed by atoms with van der Waals surface area (Å²) in [5, 5.41) is 17.7. The Labute approximate surface area is 104 Å². The molecule has 18 heavy (non-hydrogen) atoms. The Morgan fingerprint density at radius 1 is 1.56 bits per heavy atom. The Bertz CT molecular complexity index is 404. The molecule has 3 N–H and O–H groups in total. The zero-order valence-electron chi connectivity index (χ0n) is 10.5. The molecule has 0 aliphatic heterocycles. The number of carbonyl (C=O) groups is 2. The second kappa shape index (κ2) is 5.99. The molecule has 8 nitrogen and oxygen atoms in total. The van der Waals surface area contributed by atoms with Crippen LogP contribution < -0.4 is 5.32 Å². The lowest BCUT2D eigenvalue weighted by molar-refractivity contribution is -0.140. The van der Waals surface area contributed by atoms with Crippen molar-refractivity contribution >= 4 is 12.0 Å². The maximum absolute atomic E-state index is 11.8. The Hall–Kier alpha value is -2.12. The number of nitrogens with one attached hydrogen (secondary N) is 2. The molecular formula is C10H17N5O3. The second-order valence-electron chi connectivity index (χ2n) is 4.30. The summed E-state index contributed by atoms with van der Waals surface area (Å²) in [7, 11) is 1.55. The van der Waals surface area contributed by atoms with Crippen molar-refractivity contribution in [2.24, 2.45) is 5.92 Å². The van der Waals surface area contributed by atoms with Gasteiger partial charge in [0, 0.05) is 7.05 Å². The van der Waals surface area contributed by atoms with Gasteiger partial charge in [-0.3, -0.25) is 5.10 Å². The van der Waals surface area contributed by atoms with Crippen LogP contribution in [0, 0.1) is 5.92 Å². The molecule has 0 saturated carbocycles. The van der Waals surface area contributed by atoms with Crippen molar-refractivity contribution in [2.45, 2.75) is 26.4 Å². The maximum Gasteiger partial charge on any atom is 0.326 e. The summed E-state index contributed by atoms with van der Waals surface area (Å²) in [6.45, 7) is 3.70. The molecule has 0 spiro atoms. The molecule has 0 aromatic carbocycles. The van der Waals surface area contributed by atoms with Crippen molar-refractivity contribution in [3.05, 3.63) is 12.2 Å². The van der Waals surface area contributed by atoms with Crippen LogP contribution >= 0.6 is 0 Å². The lowest BCUT2D eigenvalue weighted by Crippen LogP contribution is -2.48. The van der Waals surface area contributed by atoms with E-state index in [2.05, 4.69) is 20.5 Å². The number of carbonyl (C=O) groups excluding carboxylic acids is 1. The summed E-state index contributed by atoms with van der Waals surface area (Å²) in [5.41, 5.74) is 0. The summed E-state index contributed by atoms with van der Waals surface area (Å²) < 4.78 is 0. The molecule has 0 radical (unpaired) electrons. The molecule has 1 atom stereocenters. The predicted molar refractivity (Wildman–Crippen MR) is 62.6 cm³/mol. The van der Waals surface area contributed by atoms with Gasteiger partial charge in [0.2, 0.25) is 0 Å². The summed E-state index contributed by atoms with van der Waals surface area (Å²) in [6.07, 6.45) is 1.34. The lowest BCUT2D eigenvalue weighted by Gasteiger charge is -2.22. The highest BCUT2D eigenvalue weighted by Gasteiger charge is 2.24. The predicted octanol–water partition coefficient (Wildman–Crippen LogP) is 0.0553. The number of hydrogen-bond donors (Lipinski definition) is 3. The number of amides is 2. The monoisotopic (exact) mass is 255 g/mol. The van der Waals surface area contributed by atoms with Crippen LogP contribution in [0.5, 0.6) is 0 Å². The molecule has 0 aliphatic rings. The number of carboxylic acid groups (broad SMARTS) is 1. The molecule has 1 heterocycles. The van der Waals surface area contributed by atoms with Gasteiger partial charge in [0.15, 0.2) is 0 Å². The number of nitrogens with zero attached hydrogens (tertiary/aromatic N) is 3. The number of aromatic nitrogens is 3. The van der Waals surface area contributed by atoms with Crippen LogP contribution in [0.15, 0.2) is 6.33 Å². The average Bonchev–Trinajstić information content (AvgIpc) is 2.77. The molecule has 0 saturated heterocycles. The van der Waals surface area contributed by atoms with Crippen molar-refractivity contribution in [2.75, 3.05) is 7.05 Å². The molecule has 1 aromatic heterocycles. The van der Waals surface area contributed by atoms with E-state index in [9.17, 15) is 9.59 Å². The van der Waals surface area contributed by atoms with Crippen molar-refractivity contribution in [3.8, 4) is 0 Å². The van der Waals surface area contributed by atoms with E-state index in [0.29, 0.717) is 5.82 Å². The van der Waals surface area contributed by atoms with Gasteiger partial charge in [0.05, 0.1) is 6.54 Å². The van der Waals surface area contributed by atoms with E-state index >= 15 is 0 Å². The van der Waals surface area contributed by atoms with E-state index < -0.39 is 18.0 Å². The van der Waals surface area contributed by atoms with Gasteiger partial charge in [-0.15, -0.1) is 0 Å². The van der Waals surface area contributed by atoms with Crippen LogP contribution in [0.2, 0.25) is 0 Å². The van der Waals surface area contributed by atoms with E-state index in [0.717, 1.165) is 0 Å². The fourth-order valence-electron chi connectivity index (χ4n) is 1.36. The van der Waals surface area contributed by atoms with Gasteiger partial charge >= 0.3 is 12.0 Å². The highest BCUT2D eigenvalue weighted by molar-refractivity contribution is 5.82. The summed E-state index contributed by atoms with van der Waals surface area (Å²) in [6, 6.07) is -1.37. The highest BCUT2D eigenvalue weighted by atomic mass is 16.4. The summed E-state index contributed by atoms with van der Waals surface area (Å²) in [5.74, 6) is -0.708. The summed E-state index contributed by atoms with van der Waals surface area (Å²) in [4.78, 5) is 27.9. The molecule has 0 unspecified atom stereocenters. The Kier molecular flexibility index (Phi) is 4.64. The van der Waals surface area contributed by atoms with Gasteiger partial charge in [0.25, 0.3) is 0 Å². The van der Waals surface area contributed by atoms with Crippen molar-refractivity contribution in [3.63, 3.8) is 0 Å². The molecule has 1 aromatic rings. The lowest BCUT2D eigenvalue weighted by atomic mass is 10.1. The number of aromatic amines is 1. The second-order valence-corrected chi connectivity index (χ2v) is 4.30. The first-order chi connectivity index (χ1) is 8.41. The fraction of sp³-hybridized carbons (Fsp3) is 0.600. The third-order valence-corrected chi connectivity index (χ3v) is 2.41. The van der Waals surface area contributed by atoms with Crippen molar-refractivity contribution in [1.82, 2.24) is 25.4 Å². The fourth-order valence-corrected chi connectivity index (χ4v) is 1.36. The first kappa shape index (κ1) is 13.9. The Balaban J connectivity index is 2.56. The number of aliphatic carboxylic acids is 1. The molecule has 0 bridgehead atoms. The van der Waals surface area contributed by atoms with E-state index in [1.807, 2.05) is 0 Å². The molecule has 100 valence electrons. The highest BCUT2D eigenvalue weighted by Crippen LogP contribution is 2.03. The zero-order valence-corrected chi connectivity index (χ0v) is 10.5. The minimum atomic E-state index is -1.05. The third kappa shape index (κ3) is 3.72. The van der Waals surface area contributed by atoms with Gasteiger partial charge in [0.1, 0.15) is 18.2 Å². The maximum atomic E-state index is 11.8. The van der Waals surface area contributed by atoms with Gasteiger partial charge in [-0.05, 0) is 5.92 Å². The van der Waals surface area contributed by atoms with Crippen molar-refractivity contribution < 1.29 is 14.7 Å². The van der Waals surface area contributed by atoms with Gasteiger partial charge < -0.3 is 15.3 Å². The first-order valence-corrected chi connectivity index (χ1v) is 5.50. The largest absolute Gasteiger partial charge is 0.480 e. The number of rotatable bonds is 5. The molecule has 2 amide bonds. The summed E-state index contributed by atoms with van der Waals surface area (Å²) >= 11 is 0. The molecule has 0 aliphatic carbocycles. The Morgan fingerprint density at radius 2 is 2.22 bits per heavy atom. The molecule has 1 rings (SSSR count). The number of hydrogen-bond acceptors (Lipinski definition) is 4. The van der Waals surface area contributed by atoms with Crippen LogP contribution in [0.3, 0.4) is 0 Å². The molecular weight excluding hydrogens is 238 g/mol. The molecule has 0 fully saturated rings. The topological polar surface area (TPSA) is 111 Å². The zero-order chi connectivity index (χ0) is 13.7. The standard InChI is InChI=1S/C10H17N5O3/c1-6(2)8(9(16)17)13-10(18)15(3)4-7-11-5-12-14-7/h5-6,8H,4H2,1-3H3,(H,13,18)(H,16,17)(H,11,12,14)/t8-/m1/s1. The van der Waals surface area contributed by atoms with Gasteiger partial charge in [-0.25, -0.2) is 14.6 Å². The SMILES string of the molecule is CC(C)[C@@H](NC(=O)N(C)Cc1ncn[nH]1)C(=O)O. The van der Waals surface area contributed by atoms with E-state index in [1.165, 1.54) is 11.2 Å². The van der Waals surface area contributed by atoms with Gasteiger partial charge in [-0.1, -0.05) is 13.8 Å². The van der Waals surface area contributed by atoms with Crippen LogP contribution in [-0.4, -0.2) is 50.3 Å². The van der Waals surface area contributed by atoms with Crippen molar-refractivity contribution in [1.29, 1.82) is 0 Å². The number of carboxylic acids is 1. The average molecular weight is 255 g/mol. The van der Waals surface area contributed by atoms with Crippen LogP contribution in [0.1, 0.15) is 19.7 Å². The van der Waals surface area contributed by atoms with E-state index in [4.69, 9.17) is 5.11 Å². The first-order valence-electron chi connectivity index (χ1n) is 5.50. The van der Waals surface area contributed by atoms with Gasteiger partial charge in [-0.2, -0.15) is 5.10 Å². The van der Waals surface area contributed by atoms with E-state index in [-0.39, 0.29) is 12.5 Å². The van der Waals surface area contributed by atoms with Crippen LogP contribution in [0.25, 0.3) is 0 Å². The number of H-pyrrole nitrogens is 1. The minimum Gasteiger partial charge on any atom is -0.480 e. The third-order valence-electron chi connectivity index (χ3n) is 2.41. The van der Waals surface area contributed by atoms with Crippen LogP contribution in [-0.2, 0) is 11.3 Å². The smallest absolute Gasteiger partial charge is 0.326 e. The molecule has 8 heteroatoms. The van der Waals surface area contributed by atoms with Crippen LogP contribution in [0.4, 0.5) is 4.79 Å². The quantitative estimate of drug-likeness (QED) is 0.688. The van der Waals surface area contributed by atoms with E-state index in [1.54, 1.807) is 20.9 Å².